The molecule has 76 valence electrons. The third-order valence-electron chi connectivity index (χ3n) is 1.78. The van der Waals surface area contributed by atoms with Gasteiger partial charge in [-0.1, -0.05) is 0 Å². The zero-order chi connectivity index (χ0) is 10.8. The molecule has 0 aliphatic carbocycles. The van der Waals surface area contributed by atoms with Gasteiger partial charge in [0.05, 0.1) is 18.0 Å². The Balaban J connectivity index is 2.35. The highest BCUT2D eigenvalue weighted by molar-refractivity contribution is 5.87. The Bertz CT molecular complexity index is 492. The van der Waals surface area contributed by atoms with E-state index in [1.54, 1.807) is 0 Å². The molecule has 0 bridgehead atoms. The largest absolute Gasteiger partial charge is 0.478 e. The van der Waals surface area contributed by atoms with Gasteiger partial charge in [0.2, 0.25) is 0 Å². The predicted molar refractivity (Wildman–Crippen MR) is 48.3 cm³/mol. The van der Waals surface area contributed by atoms with Crippen molar-refractivity contribution in [3.05, 3.63) is 42.1 Å². The van der Waals surface area contributed by atoms with Gasteiger partial charge in [-0.05, 0) is 12.1 Å². The lowest BCUT2D eigenvalue weighted by Gasteiger charge is -1.99. The van der Waals surface area contributed by atoms with Gasteiger partial charge in [-0.25, -0.2) is 18.9 Å². The number of hydrogen-bond acceptors (Lipinski definition) is 3. The van der Waals surface area contributed by atoms with E-state index in [1.807, 2.05) is 0 Å². The average molecular weight is 207 g/mol. The molecule has 0 unspecified atom stereocenters. The van der Waals surface area contributed by atoms with Crippen LogP contribution in [0.4, 0.5) is 4.39 Å². The number of aromatic nitrogens is 3. The smallest absolute Gasteiger partial charge is 0.337 e. The van der Waals surface area contributed by atoms with Crippen LogP contribution in [0.3, 0.4) is 0 Å². The number of halogens is 1. The summed E-state index contributed by atoms with van der Waals surface area (Å²) < 4.78 is 13.8. The molecule has 0 amide bonds. The monoisotopic (exact) mass is 207 g/mol. The van der Waals surface area contributed by atoms with Crippen molar-refractivity contribution in [1.82, 2.24) is 14.8 Å². The lowest BCUT2D eigenvalue weighted by molar-refractivity contribution is 0.0696. The molecule has 0 aliphatic rings. The molecule has 2 aromatic heterocycles. The quantitative estimate of drug-likeness (QED) is 0.800. The maximum Gasteiger partial charge on any atom is 0.337 e. The SMILES string of the molecule is O=C(O)c1ccc(-n2cc(F)cn2)nc1. The molecule has 0 aliphatic heterocycles. The molecular formula is C9H6FN3O2. The van der Waals surface area contributed by atoms with E-state index >= 15 is 0 Å². The Morgan fingerprint density at radius 3 is 2.67 bits per heavy atom. The summed E-state index contributed by atoms with van der Waals surface area (Å²) in [5.74, 6) is -1.16. The summed E-state index contributed by atoms with van der Waals surface area (Å²) in [7, 11) is 0. The van der Waals surface area contributed by atoms with Gasteiger partial charge in [0, 0.05) is 6.20 Å². The lowest BCUT2D eigenvalue weighted by atomic mass is 10.3. The Kier molecular flexibility index (Phi) is 2.17. The minimum absolute atomic E-state index is 0.0754. The highest BCUT2D eigenvalue weighted by Crippen LogP contribution is 2.05. The van der Waals surface area contributed by atoms with Gasteiger partial charge in [0.15, 0.2) is 11.6 Å². The van der Waals surface area contributed by atoms with Gasteiger partial charge < -0.3 is 5.11 Å². The second-order valence-corrected chi connectivity index (χ2v) is 2.81. The van der Waals surface area contributed by atoms with Crippen molar-refractivity contribution >= 4 is 5.97 Å². The molecule has 5 nitrogen and oxygen atoms in total. The molecule has 0 fully saturated rings. The minimum atomic E-state index is -1.05. The standard InChI is InChI=1S/C9H6FN3O2/c10-7-4-12-13(5-7)8-2-1-6(3-11-8)9(14)15/h1-5H,(H,14,15). The minimum Gasteiger partial charge on any atom is -0.478 e. The highest BCUT2D eigenvalue weighted by atomic mass is 19.1. The number of carboxylic acids is 1. The van der Waals surface area contributed by atoms with Gasteiger partial charge in [-0.2, -0.15) is 5.10 Å². The van der Waals surface area contributed by atoms with Crippen molar-refractivity contribution in [3.63, 3.8) is 0 Å². The van der Waals surface area contributed by atoms with Crippen LogP contribution in [0, 0.1) is 5.82 Å². The number of aromatic carboxylic acids is 1. The molecule has 2 aromatic rings. The Hall–Kier alpha value is -2.24. The number of hydrogen-bond donors (Lipinski definition) is 1. The Labute approximate surface area is 83.8 Å². The van der Waals surface area contributed by atoms with Crippen LogP contribution < -0.4 is 0 Å². The van der Waals surface area contributed by atoms with Gasteiger partial charge in [0.25, 0.3) is 0 Å². The molecule has 0 aromatic carbocycles. The fourth-order valence-electron chi connectivity index (χ4n) is 1.07. The van der Waals surface area contributed by atoms with Crippen molar-refractivity contribution < 1.29 is 14.3 Å². The average Bonchev–Trinajstić information content (AvgIpc) is 2.65. The number of carboxylic acid groups (broad SMARTS) is 1. The molecule has 0 saturated heterocycles. The van der Waals surface area contributed by atoms with Gasteiger partial charge in [-0.3, -0.25) is 0 Å². The summed E-state index contributed by atoms with van der Waals surface area (Å²) in [6.45, 7) is 0. The molecule has 0 spiro atoms. The summed E-state index contributed by atoms with van der Waals surface area (Å²) in [5.41, 5.74) is 0.0754. The van der Waals surface area contributed by atoms with E-state index in [1.165, 1.54) is 23.0 Å². The van der Waals surface area contributed by atoms with Crippen LogP contribution in [-0.2, 0) is 0 Å². The maximum atomic E-state index is 12.6. The molecule has 2 heterocycles. The summed E-state index contributed by atoms with van der Waals surface area (Å²) in [4.78, 5) is 14.4. The van der Waals surface area contributed by atoms with Gasteiger partial charge >= 0.3 is 5.97 Å². The van der Waals surface area contributed by atoms with Crippen LogP contribution in [-0.4, -0.2) is 25.8 Å². The fraction of sp³-hybridized carbons (Fsp3) is 0. The van der Waals surface area contributed by atoms with Crippen LogP contribution in [0.15, 0.2) is 30.7 Å². The third kappa shape index (κ3) is 1.83. The first-order valence-electron chi connectivity index (χ1n) is 4.07. The second-order valence-electron chi connectivity index (χ2n) is 2.81. The number of rotatable bonds is 2. The first kappa shape index (κ1) is 9.32. The zero-order valence-corrected chi connectivity index (χ0v) is 7.46. The van der Waals surface area contributed by atoms with Crippen molar-refractivity contribution in [1.29, 1.82) is 0 Å². The van der Waals surface area contributed by atoms with Crippen LogP contribution in [0.25, 0.3) is 5.82 Å². The van der Waals surface area contributed by atoms with E-state index < -0.39 is 11.8 Å². The van der Waals surface area contributed by atoms with Crippen molar-refractivity contribution in [3.8, 4) is 5.82 Å². The number of carbonyl (C=O) groups is 1. The first-order valence-corrected chi connectivity index (χ1v) is 4.07. The predicted octanol–water partition coefficient (Wildman–Crippen LogP) is 1.10. The van der Waals surface area contributed by atoms with E-state index in [4.69, 9.17) is 5.11 Å². The summed E-state index contributed by atoms with van der Waals surface area (Å²) in [6, 6.07) is 2.83. The Morgan fingerprint density at radius 1 is 1.40 bits per heavy atom. The van der Waals surface area contributed by atoms with Crippen LogP contribution in [0.5, 0.6) is 0 Å². The summed E-state index contributed by atoms with van der Waals surface area (Å²) >= 11 is 0. The van der Waals surface area contributed by atoms with E-state index in [0.717, 1.165) is 12.4 Å². The van der Waals surface area contributed by atoms with Crippen LogP contribution in [0.2, 0.25) is 0 Å². The van der Waals surface area contributed by atoms with Gasteiger partial charge in [-0.15, -0.1) is 0 Å². The molecule has 0 saturated carbocycles. The third-order valence-corrected chi connectivity index (χ3v) is 1.78. The second kappa shape index (κ2) is 3.49. The summed E-state index contributed by atoms with van der Waals surface area (Å²) in [6.07, 6.45) is 3.40. The summed E-state index contributed by atoms with van der Waals surface area (Å²) in [5, 5.41) is 12.3. The topological polar surface area (TPSA) is 68.0 Å². The molecule has 0 radical (unpaired) electrons. The van der Waals surface area contributed by atoms with Crippen molar-refractivity contribution in [2.75, 3.05) is 0 Å². The molecule has 1 N–H and O–H groups in total. The molecular weight excluding hydrogens is 201 g/mol. The first-order chi connectivity index (χ1) is 7.16. The highest BCUT2D eigenvalue weighted by Gasteiger charge is 2.05. The Morgan fingerprint density at radius 2 is 2.20 bits per heavy atom. The van der Waals surface area contributed by atoms with Crippen LogP contribution >= 0.6 is 0 Å². The van der Waals surface area contributed by atoms with Crippen molar-refractivity contribution in [2.24, 2.45) is 0 Å². The fourth-order valence-corrected chi connectivity index (χ4v) is 1.07. The van der Waals surface area contributed by atoms with E-state index in [9.17, 15) is 9.18 Å². The van der Waals surface area contributed by atoms with E-state index in [2.05, 4.69) is 10.1 Å². The van der Waals surface area contributed by atoms with Crippen LogP contribution in [0.1, 0.15) is 10.4 Å². The van der Waals surface area contributed by atoms with E-state index in [0.29, 0.717) is 5.82 Å². The normalized spacial score (nSPS) is 10.2. The number of pyridine rings is 1. The van der Waals surface area contributed by atoms with Crippen molar-refractivity contribution in [2.45, 2.75) is 0 Å². The zero-order valence-electron chi connectivity index (χ0n) is 7.46. The maximum absolute atomic E-state index is 12.6. The van der Waals surface area contributed by atoms with E-state index in [-0.39, 0.29) is 5.56 Å². The lowest BCUT2D eigenvalue weighted by Crippen LogP contribution is -2.01. The molecule has 15 heavy (non-hydrogen) atoms. The molecule has 0 atom stereocenters. The number of nitrogens with zero attached hydrogens (tertiary/aromatic N) is 3. The molecule has 2 rings (SSSR count). The molecule has 6 heteroatoms. The van der Waals surface area contributed by atoms with Gasteiger partial charge in [0.1, 0.15) is 0 Å².